The first-order chi connectivity index (χ1) is 47.5. The summed E-state index contributed by atoms with van der Waals surface area (Å²) >= 11 is 0. The van der Waals surface area contributed by atoms with Gasteiger partial charge in [0.25, 0.3) is 0 Å². The molecule has 0 aliphatic rings. The topological polar surface area (TPSA) is 69.3 Å². The summed E-state index contributed by atoms with van der Waals surface area (Å²) in [6.45, 7) is 0. The van der Waals surface area contributed by atoms with Crippen LogP contribution in [-0.4, -0.2) is 28.2 Å². The molecule has 14 aromatic carbocycles. The van der Waals surface area contributed by atoms with Crippen molar-refractivity contribution in [3.8, 4) is 96.1 Å². The van der Waals surface area contributed by atoms with Gasteiger partial charge in [-0.15, -0.1) is 0 Å². The van der Waals surface area contributed by atoms with Crippen molar-refractivity contribution >= 4 is 87.2 Å². The summed E-state index contributed by atoms with van der Waals surface area (Å²) in [5, 5.41) is 19.5. The van der Waals surface area contributed by atoms with Crippen LogP contribution in [0.25, 0.3) is 177 Å². The highest BCUT2D eigenvalue weighted by Gasteiger charge is 2.21. The van der Waals surface area contributed by atoms with Gasteiger partial charge in [-0.2, -0.15) is 5.26 Å². The van der Waals surface area contributed by atoms with Crippen LogP contribution in [0, 0.1) is 11.3 Å². The highest BCUT2D eigenvalue weighted by atomic mass is 15.0. The molecule has 0 bridgehead atoms. The summed E-state index contributed by atoms with van der Waals surface area (Å²) in [5.74, 6) is 0.575. The first kappa shape index (κ1) is 54.6. The third-order valence-electron chi connectivity index (χ3n) is 19.4. The SMILES string of the molecule is N#Cc1ccc(-c2nc(-c3cccc(-c4ccc(-n5c6ccccc6c6cc(-c7ccc8c(c7)c7ccccc7n8-c7ccccc7)ccc65)cc4)c3)cc(-c3cccc(-n4c5ccccc5c5cc(-c6ccc7c(c6)c6ccccc6n7-c6ccccc6)ccc54)c3)n2)cc1. The molecule has 19 aromatic rings. The molecule has 0 unspecified atom stereocenters. The number of fused-ring (bicyclic) bond motifs is 12. The van der Waals surface area contributed by atoms with E-state index in [4.69, 9.17) is 9.97 Å². The van der Waals surface area contributed by atoms with E-state index in [2.05, 4.69) is 334 Å². The lowest BCUT2D eigenvalue weighted by atomic mass is 10.00. The van der Waals surface area contributed by atoms with Crippen molar-refractivity contribution in [2.75, 3.05) is 0 Å². The second-order valence-corrected chi connectivity index (χ2v) is 24.8. The quantitative estimate of drug-likeness (QED) is 0.137. The van der Waals surface area contributed by atoms with Crippen molar-refractivity contribution in [2.45, 2.75) is 0 Å². The van der Waals surface area contributed by atoms with Crippen molar-refractivity contribution in [1.82, 2.24) is 28.2 Å². The number of benzene rings is 14. The van der Waals surface area contributed by atoms with Gasteiger partial charge in [-0.25, -0.2) is 9.97 Å². The number of nitrogens with zero attached hydrogens (tertiary/aromatic N) is 7. The molecule has 0 saturated carbocycles. The Morgan fingerprint density at radius 1 is 0.208 bits per heavy atom. The predicted octanol–water partition coefficient (Wildman–Crippen LogP) is 22.7. The third-order valence-corrected chi connectivity index (χ3v) is 19.4. The molecule has 19 rings (SSSR count). The Bertz CT molecular complexity index is 6380. The number of rotatable bonds is 10. The number of aromatic nitrogens is 6. The molecule has 0 N–H and O–H groups in total. The molecule has 0 spiro atoms. The van der Waals surface area contributed by atoms with Crippen LogP contribution < -0.4 is 0 Å². The summed E-state index contributed by atoms with van der Waals surface area (Å²) in [6, 6.07) is 122. The maximum Gasteiger partial charge on any atom is 0.160 e. The lowest BCUT2D eigenvalue weighted by molar-refractivity contribution is 1.16. The summed E-state index contributed by atoms with van der Waals surface area (Å²) in [6.07, 6.45) is 0. The van der Waals surface area contributed by atoms with Crippen LogP contribution in [0.1, 0.15) is 5.56 Å². The van der Waals surface area contributed by atoms with Gasteiger partial charge >= 0.3 is 0 Å². The molecule has 5 aromatic heterocycles. The highest BCUT2D eigenvalue weighted by Crippen LogP contribution is 2.42. The van der Waals surface area contributed by atoms with E-state index < -0.39 is 0 Å². The van der Waals surface area contributed by atoms with Crippen LogP contribution in [0.2, 0.25) is 0 Å². The number of hydrogen-bond donors (Lipinski definition) is 0. The van der Waals surface area contributed by atoms with Crippen molar-refractivity contribution in [2.24, 2.45) is 0 Å². The molecule has 0 radical (unpaired) electrons. The molecule has 446 valence electrons. The van der Waals surface area contributed by atoms with E-state index in [1.54, 1.807) is 0 Å². The van der Waals surface area contributed by atoms with Gasteiger partial charge in [0.2, 0.25) is 0 Å². The molecule has 0 saturated heterocycles. The molecule has 0 atom stereocenters. The summed E-state index contributed by atoms with van der Waals surface area (Å²) < 4.78 is 9.50. The highest BCUT2D eigenvalue weighted by molar-refractivity contribution is 6.15. The molecule has 0 fully saturated rings. The molecule has 0 amide bonds. The zero-order valence-electron chi connectivity index (χ0n) is 51.9. The lowest BCUT2D eigenvalue weighted by Gasteiger charge is -2.13. The fourth-order valence-corrected chi connectivity index (χ4v) is 14.9. The van der Waals surface area contributed by atoms with E-state index in [0.29, 0.717) is 11.4 Å². The largest absolute Gasteiger partial charge is 0.309 e. The standard InChI is InChI=1S/C89H55N7/c90-56-57-33-35-59(36-34-57)89-91-79(55-80(92-89)66-19-16-24-70(50-66)96-84-32-14-10-28-74(84)78-54-64(42-48-88(78)96)62-40-46-86-76(52-62)72-26-8-12-30-82(72)94(86)68-22-5-2-6-23-68)65-18-15-17-60(49-65)58-37-43-69(44-38-58)95-83-31-13-9-27-73(83)77-53-63(41-47-87(77)95)61-39-45-85-75(51-61)71-25-7-11-29-81(71)93(85)67-20-3-1-4-21-67/h1-55H. The van der Waals surface area contributed by atoms with E-state index >= 15 is 0 Å². The molecule has 0 aliphatic heterocycles. The number of hydrogen-bond acceptors (Lipinski definition) is 3. The van der Waals surface area contributed by atoms with Crippen LogP contribution in [0.15, 0.2) is 334 Å². The number of para-hydroxylation sites is 6. The minimum absolute atomic E-state index is 0.575. The van der Waals surface area contributed by atoms with E-state index in [1.165, 1.54) is 81.8 Å². The van der Waals surface area contributed by atoms with Crippen molar-refractivity contribution in [3.63, 3.8) is 0 Å². The Balaban J connectivity index is 0.662. The van der Waals surface area contributed by atoms with Crippen LogP contribution >= 0.6 is 0 Å². The van der Waals surface area contributed by atoms with E-state index in [1.807, 2.05) is 24.3 Å². The minimum Gasteiger partial charge on any atom is -0.309 e. The summed E-state index contributed by atoms with van der Waals surface area (Å²) in [4.78, 5) is 10.6. The average molecular weight is 1220 g/mol. The molecular formula is C89H55N7. The Hall–Kier alpha value is -13.2. The van der Waals surface area contributed by atoms with Gasteiger partial charge in [-0.05, 0) is 191 Å². The van der Waals surface area contributed by atoms with Crippen molar-refractivity contribution in [1.29, 1.82) is 5.26 Å². The van der Waals surface area contributed by atoms with Crippen molar-refractivity contribution < 1.29 is 0 Å². The summed E-state index contributed by atoms with van der Waals surface area (Å²) in [7, 11) is 0. The maximum atomic E-state index is 9.79. The Morgan fingerprint density at radius 3 is 0.948 bits per heavy atom. The first-order valence-corrected chi connectivity index (χ1v) is 32.5. The van der Waals surface area contributed by atoms with Crippen LogP contribution in [-0.2, 0) is 0 Å². The Morgan fingerprint density at radius 2 is 0.521 bits per heavy atom. The normalized spacial score (nSPS) is 11.7. The van der Waals surface area contributed by atoms with Gasteiger partial charge in [0, 0.05) is 82.5 Å². The zero-order chi connectivity index (χ0) is 63.4. The molecule has 7 nitrogen and oxygen atoms in total. The molecule has 7 heteroatoms. The molecule has 5 heterocycles. The maximum absolute atomic E-state index is 9.79. The first-order valence-electron chi connectivity index (χ1n) is 32.5. The Kier molecular flexibility index (Phi) is 12.5. The van der Waals surface area contributed by atoms with Gasteiger partial charge in [0.05, 0.1) is 67.2 Å². The van der Waals surface area contributed by atoms with Gasteiger partial charge in [-0.1, -0.05) is 176 Å². The molecular weight excluding hydrogens is 1170 g/mol. The number of nitriles is 1. The predicted molar refractivity (Wildman–Crippen MR) is 397 cm³/mol. The minimum atomic E-state index is 0.575. The van der Waals surface area contributed by atoms with E-state index in [-0.39, 0.29) is 0 Å². The van der Waals surface area contributed by atoms with Gasteiger partial charge in [0.1, 0.15) is 0 Å². The molecule has 96 heavy (non-hydrogen) atoms. The second-order valence-electron chi connectivity index (χ2n) is 24.8. The van der Waals surface area contributed by atoms with E-state index in [0.717, 1.165) is 89.6 Å². The average Bonchev–Trinajstić information content (AvgIpc) is 1.60. The van der Waals surface area contributed by atoms with Gasteiger partial charge in [-0.3, -0.25) is 0 Å². The zero-order valence-corrected chi connectivity index (χ0v) is 51.9. The fourth-order valence-electron chi connectivity index (χ4n) is 14.9. The molecule has 0 aliphatic carbocycles. The fraction of sp³-hybridized carbons (Fsp3) is 0. The van der Waals surface area contributed by atoms with E-state index in [9.17, 15) is 5.26 Å². The van der Waals surface area contributed by atoms with Gasteiger partial charge in [0.15, 0.2) is 5.82 Å². The summed E-state index contributed by atoms with van der Waals surface area (Å²) in [5.41, 5.74) is 25.5. The van der Waals surface area contributed by atoms with Crippen LogP contribution in [0.5, 0.6) is 0 Å². The van der Waals surface area contributed by atoms with Gasteiger partial charge < -0.3 is 18.3 Å². The Labute approximate surface area is 552 Å². The monoisotopic (exact) mass is 1220 g/mol. The second kappa shape index (κ2) is 22.0. The van der Waals surface area contributed by atoms with Crippen LogP contribution in [0.3, 0.4) is 0 Å². The lowest BCUT2D eigenvalue weighted by Crippen LogP contribution is -1.98. The van der Waals surface area contributed by atoms with Crippen LogP contribution in [0.4, 0.5) is 0 Å². The third kappa shape index (κ3) is 8.89. The van der Waals surface area contributed by atoms with Crippen molar-refractivity contribution in [3.05, 3.63) is 339 Å². The smallest absolute Gasteiger partial charge is 0.160 e.